The van der Waals surface area contributed by atoms with E-state index in [4.69, 9.17) is 9.47 Å². The Balaban J connectivity index is 2.36. The lowest BCUT2D eigenvalue weighted by atomic mass is 10.1. The highest BCUT2D eigenvalue weighted by Crippen LogP contribution is 2.06. The summed E-state index contributed by atoms with van der Waals surface area (Å²) in [6, 6.07) is 8.21. The maximum absolute atomic E-state index is 11.4. The molecule has 0 saturated carbocycles. The van der Waals surface area contributed by atoms with Crippen LogP contribution in [-0.2, 0) is 27.4 Å². The van der Waals surface area contributed by atoms with Crippen molar-refractivity contribution in [2.24, 2.45) is 5.92 Å². The average Bonchev–Trinajstić information content (AvgIpc) is 2.40. The summed E-state index contributed by atoms with van der Waals surface area (Å²) in [5.41, 5.74) is 2.34. The number of methoxy groups -OCH3 is 1. The summed E-state index contributed by atoms with van der Waals surface area (Å²) in [5.74, 6) is -0.273. The molecule has 1 atom stereocenters. The maximum Gasteiger partial charge on any atom is 0.309 e. The van der Waals surface area contributed by atoms with Gasteiger partial charge in [0.2, 0.25) is 0 Å². The molecule has 0 aromatic heterocycles. The summed E-state index contributed by atoms with van der Waals surface area (Å²) in [6.07, 6.45) is 0. The van der Waals surface area contributed by atoms with Crippen molar-refractivity contribution in [1.29, 1.82) is 0 Å². The summed E-state index contributed by atoms with van der Waals surface area (Å²) in [5, 5.41) is 3.27. The summed E-state index contributed by atoms with van der Waals surface area (Å²) < 4.78 is 10.1. The Morgan fingerprint density at radius 2 is 2.11 bits per heavy atom. The molecule has 0 bridgehead atoms. The molecule has 1 aromatic rings. The van der Waals surface area contributed by atoms with E-state index in [0.29, 0.717) is 19.8 Å². The van der Waals surface area contributed by atoms with Crippen molar-refractivity contribution in [1.82, 2.24) is 5.32 Å². The van der Waals surface area contributed by atoms with Crippen LogP contribution in [-0.4, -0.2) is 26.2 Å². The van der Waals surface area contributed by atoms with Gasteiger partial charge < -0.3 is 14.8 Å². The Bertz CT molecular complexity index is 393. The molecule has 4 nitrogen and oxygen atoms in total. The Labute approximate surface area is 115 Å². The molecule has 1 N–H and O–H groups in total. The Morgan fingerprint density at radius 1 is 1.37 bits per heavy atom. The Morgan fingerprint density at radius 3 is 2.79 bits per heavy atom. The molecule has 0 fully saturated rings. The second-order valence-corrected chi connectivity index (χ2v) is 4.54. The van der Waals surface area contributed by atoms with Crippen LogP contribution in [0.4, 0.5) is 0 Å². The first-order chi connectivity index (χ1) is 9.17. The van der Waals surface area contributed by atoms with Gasteiger partial charge in [0.15, 0.2) is 0 Å². The third-order valence-corrected chi connectivity index (χ3v) is 2.77. The highest BCUT2D eigenvalue weighted by Gasteiger charge is 2.12. The van der Waals surface area contributed by atoms with Gasteiger partial charge in [0, 0.05) is 20.2 Å². The topological polar surface area (TPSA) is 47.6 Å². The molecule has 0 radical (unpaired) electrons. The fraction of sp³-hybridized carbons (Fsp3) is 0.533. The van der Waals surface area contributed by atoms with Crippen molar-refractivity contribution in [3.8, 4) is 0 Å². The molecule has 0 saturated heterocycles. The molecule has 1 rings (SSSR count). The van der Waals surface area contributed by atoms with E-state index in [0.717, 1.165) is 12.1 Å². The van der Waals surface area contributed by atoms with Gasteiger partial charge in [-0.05, 0) is 18.1 Å². The molecule has 19 heavy (non-hydrogen) atoms. The third kappa shape index (κ3) is 5.85. The average molecular weight is 265 g/mol. The van der Waals surface area contributed by atoms with Crippen LogP contribution < -0.4 is 5.32 Å². The minimum atomic E-state index is -0.150. The third-order valence-electron chi connectivity index (χ3n) is 2.77. The standard InChI is InChI=1S/C15H23NO3/c1-4-19-15(17)12(2)9-16-10-13-6-5-7-14(8-13)11-18-3/h5-8,12,16H,4,9-11H2,1-3H3. The minimum absolute atomic E-state index is 0.123. The molecule has 1 aromatic carbocycles. The first-order valence-electron chi connectivity index (χ1n) is 6.61. The first kappa shape index (κ1) is 15.7. The normalized spacial score (nSPS) is 12.2. The maximum atomic E-state index is 11.4. The number of rotatable bonds is 8. The van der Waals surface area contributed by atoms with E-state index in [-0.39, 0.29) is 11.9 Å². The Hall–Kier alpha value is -1.39. The zero-order valence-electron chi connectivity index (χ0n) is 11.9. The molecule has 4 heteroatoms. The van der Waals surface area contributed by atoms with E-state index in [9.17, 15) is 4.79 Å². The van der Waals surface area contributed by atoms with Gasteiger partial charge in [-0.2, -0.15) is 0 Å². The van der Waals surface area contributed by atoms with Crippen LogP contribution in [0.1, 0.15) is 25.0 Å². The predicted molar refractivity (Wildman–Crippen MR) is 74.7 cm³/mol. The quantitative estimate of drug-likeness (QED) is 0.731. The van der Waals surface area contributed by atoms with Gasteiger partial charge in [0.05, 0.1) is 19.1 Å². The van der Waals surface area contributed by atoms with Crippen molar-refractivity contribution in [2.45, 2.75) is 27.0 Å². The Kier molecular flexibility index (Phi) is 7.15. The predicted octanol–water partition coefficient (Wildman–Crippen LogP) is 2.12. The zero-order valence-corrected chi connectivity index (χ0v) is 11.9. The molecule has 1 unspecified atom stereocenters. The van der Waals surface area contributed by atoms with Gasteiger partial charge >= 0.3 is 5.97 Å². The van der Waals surface area contributed by atoms with Gasteiger partial charge in [-0.25, -0.2) is 0 Å². The SMILES string of the molecule is CCOC(=O)C(C)CNCc1cccc(COC)c1. The highest BCUT2D eigenvalue weighted by atomic mass is 16.5. The van der Waals surface area contributed by atoms with E-state index in [1.807, 2.05) is 26.0 Å². The van der Waals surface area contributed by atoms with Crippen molar-refractivity contribution in [3.63, 3.8) is 0 Å². The molecular weight excluding hydrogens is 242 g/mol. The summed E-state index contributed by atoms with van der Waals surface area (Å²) >= 11 is 0. The van der Waals surface area contributed by atoms with Crippen LogP contribution in [0.15, 0.2) is 24.3 Å². The van der Waals surface area contributed by atoms with Crippen molar-refractivity contribution >= 4 is 5.97 Å². The van der Waals surface area contributed by atoms with Crippen LogP contribution in [0.2, 0.25) is 0 Å². The number of esters is 1. The number of hydrogen-bond donors (Lipinski definition) is 1. The van der Waals surface area contributed by atoms with Crippen LogP contribution >= 0.6 is 0 Å². The molecule has 0 spiro atoms. The number of benzene rings is 1. The van der Waals surface area contributed by atoms with Crippen LogP contribution in [0.25, 0.3) is 0 Å². The van der Waals surface area contributed by atoms with E-state index < -0.39 is 0 Å². The first-order valence-corrected chi connectivity index (χ1v) is 6.61. The van der Waals surface area contributed by atoms with E-state index >= 15 is 0 Å². The monoisotopic (exact) mass is 265 g/mol. The van der Waals surface area contributed by atoms with Gasteiger partial charge in [-0.3, -0.25) is 4.79 Å². The fourth-order valence-electron chi connectivity index (χ4n) is 1.80. The van der Waals surface area contributed by atoms with Gasteiger partial charge in [0.1, 0.15) is 0 Å². The smallest absolute Gasteiger partial charge is 0.309 e. The summed E-state index contributed by atoms with van der Waals surface area (Å²) in [4.78, 5) is 11.4. The van der Waals surface area contributed by atoms with Crippen LogP contribution in [0.3, 0.4) is 0 Å². The lowest BCUT2D eigenvalue weighted by Crippen LogP contribution is -2.27. The van der Waals surface area contributed by atoms with Crippen LogP contribution in [0.5, 0.6) is 0 Å². The van der Waals surface area contributed by atoms with E-state index in [1.54, 1.807) is 7.11 Å². The molecule has 0 heterocycles. The highest BCUT2D eigenvalue weighted by molar-refractivity contribution is 5.72. The fourth-order valence-corrected chi connectivity index (χ4v) is 1.80. The number of carbonyl (C=O) groups is 1. The van der Waals surface area contributed by atoms with Crippen molar-refractivity contribution in [2.75, 3.05) is 20.3 Å². The minimum Gasteiger partial charge on any atom is -0.466 e. The lowest BCUT2D eigenvalue weighted by Gasteiger charge is -2.12. The molecule has 0 amide bonds. The van der Waals surface area contributed by atoms with Gasteiger partial charge in [-0.15, -0.1) is 0 Å². The van der Waals surface area contributed by atoms with E-state index in [2.05, 4.69) is 17.4 Å². The summed E-state index contributed by atoms with van der Waals surface area (Å²) in [6.45, 7) is 6.09. The molecule has 0 aliphatic carbocycles. The second-order valence-electron chi connectivity index (χ2n) is 4.54. The molecule has 106 valence electrons. The summed E-state index contributed by atoms with van der Waals surface area (Å²) in [7, 11) is 1.69. The van der Waals surface area contributed by atoms with Crippen molar-refractivity contribution in [3.05, 3.63) is 35.4 Å². The van der Waals surface area contributed by atoms with Crippen molar-refractivity contribution < 1.29 is 14.3 Å². The number of nitrogens with one attached hydrogen (secondary N) is 1. The van der Waals surface area contributed by atoms with E-state index in [1.165, 1.54) is 5.56 Å². The molecule has 0 aliphatic heterocycles. The number of hydrogen-bond acceptors (Lipinski definition) is 4. The largest absolute Gasteiger partial charge is 0.466 e. The molecule has 0 aliphatic rings. The molecular formula is C15H23NO3. The second kappa shape index (κ2) is 8.67. The van der Waals surface area contributed by atoms with Gasteiger partial charge in [0.25, 0.3) is 0 Å². The number of carbonyl (C=O) groups excluding carboxylic acids is 1. The number of ether oxygens (including phenoxy) is 2. The van der Waals surface area contributed by atoms with Gasteiger partial charge in [-0.1, -0.05) is 31.2 Å². The van der Waals surface area contributed by atoms with Crippen LogP contribution in [0, 0.1) is 5.92 Å². The zero-order chi connectivity index (χ0) is 14.1. The lowest BCUT2D eigenvalue weighted by molar-refractivity contribution is -0.147.